The number of amides is 1. The molecule has 0 aliphatic heterocycles. The quantitative estimate of drug-likeness (QED) is 0.851. The molecule has 1 aromatic carbocycles. The topological polar surface area (TPSA) is 49.3 Å². The van der Waals surface area contributed by atoms with E-state index < -0.39 is 6.10 Å². The Labute approximate surface area is 115 Å². The summed E-state index contributed by atoms with van der Waals surface area (Å²) < 4.78 is 0. The van der Waals surface area contributed by atoms with E-state index in [1.807, 2.05) is 12.1 Å². The molecule has 1 amide bonds. The molecule has 2 rings (SSSR count). The third-order valence-corrected chi connectivity index (χ3v) is 3.68. The van der Waals surface area contributed by atoms with Crippen molar-refractivity contribution in [3.8, 4) is 0 Å². The summed E-state index contributed by atoms with van der Waals surface area (Å²) in [6, 6.07) is 8.23. The zero-order valence-electron chi connectivity index (χ0n) is 11.7. The number of fused-ring (bicyclic) bond motifs is 1. The van der Waals surface area contributed by atoms with Crippen molar-refractivity contribution in [1.82, 2.24) is 5.32 Å². The first-order valence-electron chi connectivity index (χ1n) is 7.08. The Bertz CT molecular complexity index is 417. The van der Waals surface area contributed by atoms with Crippen LogP contribution in [-0.2, 0) is 17.6 Å². The van der Waals surface area contributed by atoms with Crippen LogP contribution in [0.25, 0.3) is 0 Å². The monoisotopic (exact) mass is 261 g/mol. The maximum Gasteiger partial charge on any atom is 0.223 e. The Morgan fingerprint density at radius 3 is 2.42 bits per heavy atom. The van der Waals surface area contributed by atoms with Gasteiger partial charge in [-0.1, -0.05) is 38.1 Å². The van der Waals surface area contributed by atoms with E-state index >= 15 is 0 Å². The second-order valence-electron chi connectivity index (χ2n) is 5.90. The number of carbonyl (C=O) groups excluding carboxylic acids is 1. The Balaban J connectivity index is 1.80. The normalized spacial score (nSPS) is 16.4. The number of benzene rings is 1. The summed E-state index contributed by atoms with van der Waals surface area (Å²) in [6.45, 7) is 4.50. The molecule has 0 saturated heterocycles. The van der Waals surface area contributed by atoms with E-state index in [0.717, 1.165) is 19.3 Å². The van der Waals surface area contributed by atoms with Crippen LogP contribution in [0.15, 0.2) is 24.3 Å². The zero-order valence-corrected chi connectivity index (χ0v) is 11.7. The molecule has 0 heterocycles. The molecule has 1 aromatic rings. The lowest BCUT2D eigenvalue weighted by atomic mass is 10.0. The first kappa shape index (κ1) is 14.1. The predicted octanol–water partition coefficient (Wildman–Crippen LogP) is 1.92. The van der Waals surface area contributed by atoms with Crippen LogP contribution >= 0.6 is 0 Å². The highest BCUT2D eigenvalue weighted by atomic mass is 16.3. The number of nitrogens with one attached hydrogen (secondary N) is 1. The first-order chi connectivity index (χ1) is 9.06. The Morgan fingerprint density at radius 1 is 1.32 bits per heavy atom. The predicted molar refractivity (Wildman–Crippen MR) is 75.8 cm³/mol. The zero-order chi connectivity index (χ0) is 13.8. The number of aliphatic hydroxyl groups excluding tert-OH is 1. The van der Waals surface area contributed by atoms with Gasteiger partial charge in [-0.05, 0) is 36.3 Å². The molecule has 104 valence electrons. The fourth-order valence-electron chi connectivity index (χ4n) is 2.73. The molecular weight excluding hydrogens is 238 g/mol. The molecule has 3 heteroatoms. The summed E-state index contributed by atoms with van der Waals surface area (Å²) in [5.74, 6) is 0.547. The summed E-state index contributed by atoms with van der Waals surface area (Å²) in [4.78, 5) is 12.1. The minimum Gasteiger partial charge on any atom is -0.391 e. The number of aliphatic hydroxyl groups is 1. The molecule has 0 saturated carbocycles. The van der Waals surface area contributed by atoms with Gasteiger partial charge in [-0.2, -0.15) is 0 Å². The van der Waals surface area contributed by atoms with E-state index in [1.165, 1.54) is 11.1 Å². The van der Waals surface area contributed by atoms with Crippen LogP contribution in [0.5, 0.6) is 0 Å². The minimum absolute atomic E-state index is 0.0312. The fourth-order valence-corrected chi connectivity index (χ4v) is 2.73. The molecule has 2 N–H and O–H groups in total. The highest BCUT2D eigenvalue weighted by molar-refractivity contribution is 5.80. The van der Waals surface area contributed by atoms with Crippen molar-refractivity contribution in [3.63, 3.8) is 0 Å². The average Bonchev–Trinajstić information content (AvgIpc) is 2.78. The third-order valence-electron chi connectivity index (χ3n) is 3.68. The lowest BCUT2D eigenvalue weighted by Crippen LogP contribution is -2.37. The summed E-state index contributed by atoms with van der Waals surface area (Å²) in [7, 11) is 0. The van der Waals surface area contributed by atoms with E-state index in [4.69, 9.17) is 0 Å². The van der Waals surface area contributed by atoms with Crippen molar-refractivity contribution in [1.29, 1.82) is 0 Å². The van der Waals surface area contributed by atoms with Gasteiger partial charge in [-0.15, -0.1) is 0 Å². The van der Waals surface area contributed by atoms with Crippen molar-refractivity contribution in [2.75, 3.05) is 6.54 Å². The van der Waals surface area contributed by atoms with Crippen molar-refractivity contribution < 1.29 is 9.90 Å². The third kappa shape index (κ3) is 3.80. The summed E-state index contributed by atoms with van der Waals surface area (Å²) in [6.07, 6.45) is 1.93. The smallest absolute Gasteiger partial charge is 0.223 e. The maximum absolute atomic E-state index is 12.1. The molecule has 1 aliphatic rings. The van der Waals surface area contributed by atoms with Crippen LogP contribution in [0.4, 0.5) is 0 Å². The van der Waals surface area contributed by atoms with Crippen molar-refractivity contribution >= 4 is 5.91 Å². The molecule has 0 aromatic heterocycles. The fraction of sp³-hybridized carbons (Fsp3) is 0.562. The average molecular weight is 261 g/mol. The Kier molecular flexibility index (Phi) is 4.59. The largest absolute Gasteiger partial charge is 0.391 e. The van der Waals surface area contributed by atoms with Crippen LogP contribution in [0, 0.1) is 11.8 Å². The highest BCUT2D eigenvalue weighted by Gasteiger charge is 2.27. The SMILES string of the molecule is CC(C)CC(O)CNC(=O)C1Cc2ccccc2C1. The molecule has 1 unspecified atom stereocenters. The van der Waals surface area contributed by atoms with Crippen molar-refractivity contribution in [2.24, 2.45) is 11.8 Å². The Hall–Kier alpha value is -1.35. The van der Waals surface area contributed by atoms with Gasteiger partial charge in [0.15, 0.2) is 0 Å². The lowest BCUT2D eigenvalue weighted by Gasteiger charge is -2.15. The van der Waals surface area contributed by atoms with E-state index in [9.17, 15) is 9.90 Å². The van der Waals surface area contributed by atoms with Crippen molar-refractivity contribution in [2.45, 2.75) is 39.2 Å². The summed E-state index contributed by atoms with van der Waals surface area (Å²) in [5, 5.41) is 12.6. The molecule has 3 nitrogen and oxygen atoms in total. The van der Waals surface area contributed by atoms with Gasteiger partial charge in [0, 0.05) is 12.5 Å². The first-order valence-corrected chi connectivity index (χ1v) is 7.08. The number of carbonyl (C=O) groups is 1. The summed E-state index contributed by atoms with van der Waals surface area (Å²) in [5.41, 5.74) is 2.57. The van der Waals surface area contributed by atoms with Gasteiger partial charge in [0.1, 0.15) is 0 Å². The van der Waals surface area contributed by atoms with Gasteiger partial charge < -0.3 is 10.4 Å². The summed E-state index contributed by atoms with van der Waals surface area (Å²) >= 11 is 0. The van der Waals surface area contributed by atoms with Gasteiger partial charge in [0.25, 0.3) is 0 Å². The van der Waals surface area contributed by atoms with Crippen LogP contribution in [0.3, 0.4) is 0 Å². The highest BCUT2D eigenvalue weighted by Crippen LogP contribution is 2.26. The molecular formula is C16H23NO2. The van der Waals surface area contributed by atoms with Crippen molar-refractivity contribution in [3.05, 3.63) is 35.4 Å². The standard InChI is InChI=1S/C16H23NO2/c1-11(2)7-15(18)10-17-16(19)14-8-12-5-3-4-6-13(12)9-14/h3-6,11,14-15,18H,7-10H2,1-2H3,(H,17,19). The van der Waals surface area contributed by atoms with Gasteiger partial charge >= 0.3 is 0 Å². The number of rotatable bonds is 5. The molecule has 1 aliphatic carbocycles. The Morgan fingerprint density at radius 2 is 1.89 bits per heavy atom. The van der Waals surface area contributed by atoms with E-state index in [2.05, 4.69) is 31.3 Å². The van der Waals surface area contributed by atoms with Crippen LogP contribution in [0.2, 0.25) is 0 Å². The maximum atomic E-state index is 12.1. The number of hydrogen-bond acceptors (Lipinski definition) is 2. The minimum atomic E-state index is -0.437. The van der Waals surface area contributed by atoms with E-state index in [1.54, 1.807) is 0 Å². The van der Waals surface area contributed by atoms with Crippen LogP contribution in [0.1, 0.15) is 31.4 Å². The van der Waals surface area contributed by atoms with Gasteiger partial charge in [0.05, 0.1) is 6.10 Å². The second-order valence-corrected chi connectivity index (χ2v) is 5.90. The number of hydrogen-bond donors (Lipinski definition) is 2. The molecule has 0 spiro atoms. The van der Waals surface area contributed by atoms with Gasteiger partial charge in [0.2, 0.25) is 5.91 Å². The second kappa shape index (κ2) is 6.20. The molecule has 0 bridgehead atoms. The molecule has 0 radical (unpaired) electrons. The van der Waals surface area contributed by atoms with Gasteiger partial charge in [-0.3, -0.25) is 4.79 Å². The van der Waals surface area contributed by atoms with Crippen LogP contribution in [-0.4, -0.2) is 23.7 Å². The van der Waals surface area contributed by atoms with E-state index in [-0.39, 0.29) is 11.8 Å². The molecule has 19 heavy (non-hydrogen) atoms. The van der Waals surface area contributed by atoms with Crippen LogP contribution < -0.4 is 5.32 Å². The molecule has 1 atom stereocenters. The van der Waals surface area contributed by atoms with E-state index in [0.29, 0.717) is 12.5 Å². The lowest BCUT2D eigenvalue weighted by molar-refractivity contribution is -0.125. The van der Waals surface area contributed by atoms with Gasteiger partial charge in [-0.25, -0.2) is 0 Å². The molecule has 0 fully saturated rings.